The van der Waals surface area contributed by atoms with Crippen LogP contribution in [0.5, 0.6) is 11.5 Å². The van der Waals surface area contributed by atoms with Gasteiger partial charge in [-0.1, -0.05) is 41.4 Å². The molecule has 0 aliphatic rings. The summed E-state index contributed by atoms with van der Waals surface area (Å²) in [6, 6.07) is 13.8. The molecule has 2 aromatic carbocycles. The molecular weight excluding hydrogens is 327 g/mol. The Bertz CT molecular complexity index is 631. The second-order valence-electron chi connectivity index (χ2n) is 4.33. The monoisotopic (exact) mass is 340 g/mol. The van der Waals surface area contributed by atoms with Gasteiger partial charge in [-0.25, -0.2) is 4.79 Å². The van der Waals surface area contributed by atoms with Gasteiger partial charge in [-0.15, -0.1) is 0 Å². The Balaban J connectivity index is 2.05. The van der Waals surface area contributed by atoms with Crippen molar-refractivity contribution in [2.75, 3.05) is 13.7 Å². The molecule has 0 fully saturated rings. The fourth-order valence-electron chi connectivity index (χ4n) is 1.70. The third-order valence-corrected chi connectivity index (χ3v) is 3.30. The lowest BCUT2D eigenvalue weighted by atomic mass is 10.3. The molecule has 0 saturated carbocycles. The number of halogens is 2. The number of para-hydroxylation sites is 1. The molecule has 1 atom stereocenters. The molecule has 0 spiro atoms. The van der Waals surface area contributed by atoms with Gasteiger partial charge in [-0.2, -0.15) is 0 Å². The molecule has 0 amide bonds. The number of rotatable bonds is 6. The van der Waals surface area contributed by atoms with Crippen LogP contribution in [0.2, 0.25) is 10.0 Å². The van der Waals surface area contributed by atoms with Gasteiger partial charge in [-0.05, 0) is 30.3 Å². The van der Waals surface area contributed by atoms with Crippen LogP contribution in [0.15, 0.2) is 48.5 Å². The van der Waals surface area contributed by atoms with Crippen LogP contribution in [0.4, 0.5) is 0 Å². The molecule has 2 rings (SSSR count). The number of ether oxygens (including phenoxy) is 3. The Morgan fingerprint density at radius 3 is 2.50 bits per heavy atom. The summed E-state index contributed by atoms with van der Waals surface area (Å²) in [5, 5.41) is 0.859. The molecule has 0 aromatic heterocycles. The zero-order valence-electron chi connectivity index (χ0n) is 11.8. The lowest BCUT2D eigenvalue weighted by Crippen LogP contribution is -2.34. The van der Waals surface area contributed by atoms with E-state index in [1.54, 1.807) is 42.5 Å². The molecule has 0 N–H and O–H groups in total. The van der Waals surface area contributed by atoms with Crippen molar-refractivity contribution in [2.24, 2.45) is 0 Å². The zero-order valence-corrected chi connectivity index (χ0v) is 13.3. The summed E-state index contributed by atoms with van der Waals surface area (Å²) in [6.45, 7) is -0.0388. The molecule has 116 valence electrons. The number of benzene rings is 2. The van der Waals surface area contributed by atoms with E-state index in [1.165, 1.54) is 7.11 Å². The quantitative estimate of drug-likeness (QED) is 0.745. The van der Waals surface area contributed by atoms with Crippen molar-refractivity contribution in [2.45, 2.75) is 6.10 Å². The molecule has 0 saturated heterocycles. The highest BCUT2D eigenvalue weighted by atomic mass is 35.5. The fraction of sp³-hybridized carbons (Fsp3) is 0.188. The van der Waals surface area contributed by atoms with Gasteiger partial charge < -0.3 is 14.2 Å². The van der Waals surface area contributed by atoms with E-state index in [0.29, 0.717) is 21.5 Å². The topological polar surface area (TPSA) is 44.8 Å². The number of methoxy groups -OCH3 is 1. The molecule has 0 radical (unpaired) electrons. The van der Waals surface area contributed by atoms with Gasteiger partial charge in [-0.3, -0.25) is 0 Å². The van der Waals surface area contributed by atoms with E-state index in [4.69, 9.17) is 37.4 Å². The first-order valence-electron chi connectivity index (χ1n) is 6.47. The highest BCUT2D eigenvalue weighted by Crippen LogP contribution is 2.27. The molecular formula is C16H14Cl2O4. The van der Waals surface area contributed by atoms with Crippen molar-refractivity contribution in [3.8, 4) is 11.5 Å². The average Bonchev–Trinajstić information content (AvgIpc) is 2.53. The number of hydrogen-bond acceptors (Lipinski definition) is 4. The molecule has 0 heterocycles. The van der Waals surface area contributed by atoms with Crippen LogP contribution in [-0.2, 0) is 9.53 Å². The maximum absolute atomic E-state index is 11.8. The fourth-order valence-corrected chi connectivity index (χ4v) is 2.17. The molecule has 0 aliphatic carbocycles. The van der Waals surface area contributed by atoms with Crippen molar-refractivity contribution in [1.82, 2.24) is 0 Å². The van der Waals surface area contributed by atoms with Gasteiger partial charge in [0.1, 0.15) is 18.1 Å². The van der Waals surface area contributed by atoms with Crippen molar-refractivity contribution in [3.05, 3.63) is 58.6 Å². The van der Waals surface area contributed by atoms with Crippen LogP contribution in [0.3, 0.4) is 0 Å². The van der Waals surface area contributed by atoms with Crippen LogP contribution >= 0.6 is 23.2 Å². The maximum Gasteiger partial charge on any atom is 0.350 e. The first-order chi connectivity index (χ1) is 10.6. The van der Waals surface area contributed by atoms with E-state index in [0.717, 1.165) is 0 Å². The molecule has 4 nitrogen and oxygen atoms in total. The Morgan fingerprint density at radius 1 is 1.14 bits per heavy atom. The van der Waals surface area contributed by atoms with Gasteiger partial charge in [0.25, 0.3) is 0 Å². The summed E-state index contributed by atoms with van der Waals surface area (Å²) in [5.74, 6) is 0.425. The van der Waals surface area contributed by atoms with Crippen LogP contribution in [0.1, 0.15) is 0 Å². The van der Waals surface area contributed by atoms with E-state index in [-0.39, 0.29) is 6.61 Å². The lowest BCUT2D eigenvalue weighted by Gasteiger charge is -2.18. The van der Waals surface area contributed by atoms with Gasteiger partial charge in [0.05, 0.1) is 12.1 Å². The third kappa shape index (κ3) is 4.55. The number of hydrogen-bond donors (Lipinski definition) is 0. The van der Waals surface area contributed by atoms with E-state index in [9.17, 15) is 4.79 Å². The normalized spacial score (nSPS) is 11.6. The van der Waals surface area contributed by atoms with Crippen LogP contribution in [0, 0.1) is 0 Å². The molecule has 1 unspecified atom stereocenters. The number of esters is 1. The Hall–Kier alpha value is -1.91. The Kier molecular flexibility index (Phi) is 5.92. The van der Waals surface area contributed by atoms with Crippen molar-refractivity contribution in [1.29, 1.82) is 0 Å². The van der Waals surface area contributed by atoms with E-state index in [1.807, 2.05) is 6.07 Å². The van der Waals surface area contributed by atoms with E-state index >= 15 is 0 Å². The Morgan fingerprint density at radius 2 is 1.86 bits per heavy atom. The van der Waals surface area contributed by atoms with Crippen molar-refractivity contribution in [3.63, 3.8) is 0 Å². The van der Waals surface area contributed by atoms with Gasteiger partial charge in [0, 0.05) is 5.02 Å². The minimum absolute atomic E-state index is 0.0388. The predicted molar refractivity (Wildman–Crippen MR) is 84.8 cm³/mol. The summed E-state index contributed by atoms with van der Waals surface area (Å²) >= 11 is 11.8. The minimum Gasteiger partial charge on any atom is -0.488 e. The van der Waals surface area contributed by atoms with Gasteiger partial charge >= 0.3 is 5.97 Å². The molecule has 22 heavy (non-hydrogen) atoms. The van der Waals surface area contributed by atoms with Crippen LogP contribution in [0.25, 0.3) is 0 Å². The predicted octanol–water partition coefficient (Wildman–Crippen LogP) is 3.99. The zero-order chi connectivity index (χ0) is 15.9. The maximum atomic E-state index is 11.8. The van der Waals surface area contributed by atoms with Crippen LogP contribution < -0.4 is 9.47 Å². The molecule has 6 heteroatoms. The molecule has 0 bridgehead atoms. The highest BCUT2D eigenvalue weighted by Gasteiger charge is 2.22. The smallest absolute Gasteiger partial charge is 0.350 e. The lowest BCUT2D eigenvalue weighted by molar-refractivity contribution is -0.150. The van der Waals surface area contributed by atoms with Gasteiger partial charge in [0.2, 0.25) is 6.10 Å². The standard InChI is InChI=1S/C16H14Cl2O4/c1-20-16(19)15(22-12-5-3-2-4-6-12)10-21-14-8-7-11(17)9-13(14)18/h2-9,15H,10H2,1H3. The first-order valence-corrected chi connectivity index (χ1v) is 7.23. The molecule has 2 aromatic rings. The summed E-state index contributed by atoms with van der Waals surface area (Å²) in [6.07, 6.45) is -0.904. The van der Waals surface area contributed by atoms with Gasteiger partial charge in [0.15, 0.2) is 0 Å². The summed E-state index contributed by atoms with van der Waals surface area (Å²) in [5.41, 5.74) is 0. The van der Waals surface area contributed by atoms with Crippen LogP contribution in [-0.4, -0.2) is 25.8 Å². The number of carbonyl (C=O) groups excluding carboxylic acids is 1. The number of carbonyl (C=O) groups is 1. The third-order valence-electron chi connectivity index (χ3n) is 2.77. The average molecular weight is 341 g/mol. The summed E-state index contributed by atoms with van der Waals surface area (Å²) < 4.78 is 15.8. The van der Waals surface area contributed by atoms with Crippen molar-refractivity contribution < 1.29 is 19.0 Å². The second-order valence-corrected chi connectivity index (χ2v) is 5.17. The minimum atomic E-state index is -0.904. The largest absolute Gasteiger partial charge is 0.488 e. The Labute approximate surface area is 138 Å². The van der Waals surface area contributed by atoms with E-state index < -0.39 is 12.1 Å². The first kappa shape index (κ1) is 16.5. The SMILES string of the molecule is COC(=O)C(COc1ccc(Cl)cc1Cl)Oc1ccccc1. The van der Waals surface area contributed by atoms with E-state index in [2.05, 4.69) is 0 Å². The molecule has 0 aliphatic heterocycles. The second kappa shape index (κ2) is 7.92. The highest BCUT2D eigenvalue weighted by molar-refractivity contribution is 6.35. The van der Waals surface area contributed by atoms with Crippen molar-refractivity contribution >= 4 is 29.2 Å². The summed E-state index contributed by atoms with van der Waals surface area (Å²) in [7, 11) is 1.29. The summed E-state index contributed by atoms with van der Waals surface area (Å²) in [4.78, 5) is 11.8.